The van der Waals surface area contributed by atoms with Crippen molar-refractivity contribution in [2.45, 2.75) is 62.0 Å². The molecule has 7 atom stereocenters. The van der Waals surface area contributed by atoms with Gasteiger partial charge in [-0.05, 0) is 31.2 Å². The molecule has 4 aliphatic rings. The largest absolute Gasteiger partial charge is 0.455 e. The molecule has 4 fully saturated rings. The van der Waals surface area contributed by atoms with Crippen LogP contribution in [0.25, 0.3) is 0 Å². The van der Waals surface area contributed by atoms with E-state index in [0.29, 0.717) is 51.1 Å². The van der Waals surface area contributed by atoms with E-state index < -0.39 is 47.7 Å². The van der Waals surface area contributed by atoms with Crippen molar-refractivity contribution in [3.63, 3.8) is 0 Å². The van der Waals surface area contributed by atoms with Gasteiger partial charge in [-0.3, -0.25) is 24.1 Å². The second-order valence-corrected chi connectivity index (χ2v) is 13.4. The zero-order valence-corrected chi connectivity index (χ0v) is 29.1. The summed E-state index contributed by atoms with van der Waals surface area (Å²) >= 11 is 0. The molecule has 4 heterocycles. The van der Waals surface area contributed by atoms with Crippen LogP contribution in [-0.2, 0) is 38.1 Å². The van der Waals surface area contributed by atoms with Crippen LogP contribution in [0.15, 0.2) is 55.6 Å². The van der Waals surface area contributed by atoms with Crippen LogP contribution in [0.5, 0.6) is 0 Å². The van der Waals surface area contributed by atoms with Crippen LogP contribution in [0.4, 0.5) is 0 Å². The van der Waals surface area contributed by atoms with E-state index in [1.807, 2.05) is 30.3 Å². The van der Waals surface area contributed by atoms with Gasteiger partial charge in [0.1, 0.15) is 17.7 Å². The number of carbonyl (C=O) groups excluding carboxylic acids is 4. The Labute approximate surface area is 294 Å². The fourth-order valence-corrected chi connectivity index (χ4v) is 8.01. The van der Waals surface area contributed by atoms with Crippen LogP contribution < -0.4 is 5.32 Å². The second-order valence-electron chi connectivity index (χ2n) is 13.4. The molecule has 2 N–H and O–H groups in total. The van der Waals surface area contributed by atoms with Gasteiger partial charge in [-0.15, -0.1) is 13.2 Å². The minimum atomic E-state index is -1.22. The maximum absolute atomic E-state index is 14.6. The first-order chi connectivity index (χ1) is 24.3. The van der Waals surface area contributed by atoms with E-state index in [1.54, 1.807) is 17.1 Å². The number of nitrogens with one attached hydrogen (secondary N) is 1. The summed E-state index contributed by atoms with van der Waals surface area (Å²) in [6, 6.07) is 7.42. The topological polar surface area (TPSA) is 147 Å². The number of amides is 3. The van der Waals surface area contributed by atoms with Gasteiger partial charge in [-0.1, -0.05) is 42.5 Å². The molecule has 0 radical (unpaired) electrons. The Kier molecular flexibility index (Phi) is 13.2. The van der Waals surface area contributed by atoms with Crippen LogP contribution >= 0.6 is 0 Å². The number of hydrogen-bond acceptors (Lipinski definition) is 10. The first-order valence-electron chi connectivity index (χ1n) is 17.7. The van der Waals surface area contributed by atoms with Crippen LogP contribution in [0, 0.1) is 11.8 Å². The Hall–Kier alpha value is -3.62. The lowest BCUT2D eigenvalue weighted by Crippen LogP contribution is -2.57. The van der Waals surface area contributed by atoms with Gasteiger partial charge in [0.25, 0.3) is 0 Å². The van der Waals surface area contributed by atoms with Gasteiger partial charge in [0.05, 0.1) is 43.8 Å². The Morgan fingerprint density at radius 2 is 1.92 bits per heavy atom. The molecular formula is C37H52N4O9. The summed E-state index contributed by atoms with van der Waals surface area (Å²) in [6.45, 7) is 11.8. The van der Waals surface area contributed by atoms with E-state index in [4.69, 9.17) is 18.9 Å². The Balaban J connectivity index is 1.42. The number of rotatable bonds is 19. The molecule has 0 aromatic heterocycles. The zero-order chi connectivity index (χ0) is 35.7. The van der Waals surface area contributed by atoms with Gasteiger partial charge < -0.3 is 39.2 Å². The summed E-state index contributed by atoms with van der Waals surface area (Å²) in [4.78, 5) is 61.6. The molecule has 1 aromatic rings. The number of aliphatic hydroxyl groups excluding tert-OH is 1. The second kappa shape index (κ2) is 17.5. The van der Waals surface area contributed by atoms with Crippen molar-refractivity contribution >= 4 is 23.7 Å². The molecule has 5 rings (SSSR count). The molecule has 2 bridgehead atoms. The molecule has 13 nitrogen and oxygen atoms in total. The molecule has 0 saturated carbocycles. The molecule has 13 heteroatoms. The monoisotopic (exact) mass is 696 g/mol. The predicted molar refractivity (Wildman–Crippen MR) is 184 cm³/mol. The Morgan fingerprint density at radius 1 is 1.16 bits per heavy atom. The summed E-state index contributed by atoms with van der Waals surface area (Å²) in [6.07, 6.45) is 3.67. The van der Waals surface area contributed by atoms with Crippen molar-refractivity contribution in [3.05, 3.63) is 61.2 Å². The Morgan fingerprint density at radius 3 is 2.60 bits per heavy atom. The zero-order valence-electron chi connectivity index (χ0n) is 29.1. The van der Waals surface area contributed by atoms with Crippen molar-refractivity contribution in [3.8, 4) is 0 Å². The van der Waals surface area contributed by atoms with Crippen molar-refractivity contribution in [1.82, 2.24) is 20.0 Å². The van der Waals surface area contributed by atoms with Gasteiger partial charge in [-0.25, -0.2) is 0 Å². The molecule has 50 heavy (non-hydrogen) atoms. The third-order valence-electron chi connectivity index (χ3n) is 10.3. The highest BCUT2D eigenvalue weighted by Gasteiger charge is 2.75. The number of allylic oxidation sites excluding steroid dienone is 1. The summed E-state index contributed by atoms with van der Waals surface area (Å²) < 4.78 is 23.8. The van der Waals surface area contributed by atoms with Crippen LogP contribution in [-0.4, -0.2) is 140 Å². The van der Waals surface area contributed by atoms with Gasteiger partial charge in [-0.2, -0.15) is 0 Å². The number of esters is 1. The van der Waals surface area contributed by atoms with Crippen molar-refractivity contribution in [1.29, 1.82) is 0 Å². The standard InChI is InChI=1S/C37H52N4O9/c1-4-6-13-29(43)38-27(25-47-3)32(26-11-8-7-9-12-26)49-36(46)30-28-14-15-37(50-28)31(30)34(44)41(17-10-22-42)33(37)35(45)40(16-5-2)19-18-39-20-23-48-24-21-39/h4-5,7-9,11-12,27-28,30-33,42H,1-2,6,10,13-25H2,3H3,(H,38,43)/t27-,28+,30-,31-,32-,33+,37-/m1/s1. The highest BCUT2D eigenvalue weighted by Crippen LogP contribution is 2.59. The van der Waals surface area contributed by atoms with E-state index in [2.05, 4.69) is 23.4 Å². The number of ether oxygens (including phenoxy) is 4. The van der Waals surface area contributed by atoms with Crippen LogP contribution in [0.2, 0.25) is 0 Å². The molecular weight excluding hydrogens is 644 g/mol. The van der Waals surface area contributed by atoms with Crippen molar-refractivity contribution < 1.29 is 43.2 Å². The van der Waals surface area contributed by atoms with Crippen molar-refractivity contribution in [2.24, 2.45) is 11.8 Å². The van der Waals surface area contributed by atoms with Crippen LogP contribution in [0.3, 0.4) is 0 Å². The number of methoxy groups -OCH3 is 1. The summed E-state index contributed by atoms with van der Waals surface area (Å²) in [5.41, 5.74) is -0.565. The number of carbonyl (C=O) groups is 4. The highest BCUT2D eigenvalue weighted by molar-refractivity contribution is 5.98. The number of nitrogens with zero attached hydrogens (tertiary/aromatic N) is 3. The van der Waals surface area contributed by atoms with E-state index in [-0.39, 0.29) is 56.9 Å². The molecule has 0 unspecified atom stereocenters. The average Bonchev–Trinajstić information content (AvgIpc) is 3.78. The SMILES string of the molecule is C=CCCC(=O)N[C@H](COC)[C@H](OC(=O)[C@@H]1[C@@H]2CC[C@]3(O2)[C@H](C(=O)N(CC=C)CCN2CCOCC2)N(CCCO)C(=O)[C@@H]13)c1ccccc1. The van der Waals surface area contributed by atoms with Gasteiger partial charge in [0.2, 0.25) is 17.7 Å². The number of hydrogen-bond donors (Lipinski definition) is 2. The lowest BCUT2D eigenvalue weighted by molar-refractivity contribution is -0.163. The molecule has 1 aromatic carbocycles. The first-order valence-corrected chi connectivity index (χ1v) is 17.7. The van der Waals surface area contributed by atoms with Gasteiger partial charge >= 0.3 is 5.97 Å². The molecule has 3 amide bonds. The third-order valence-corrected chi connectivity index (χ3v) is 10.3. The van der Waals surface area contributed by atoms with Gasteiger partial charge in [0.15, 0.2) is 0 Å². The number of morpholine rings is 1. The van der Waals surface area contributed by atoms with E-state index in [9.17, 15) is 24.3 Å². The summed E-state index contributed by atoms with van der Waals surface area (Å²) in [5, 5.41) is 12.7. The van der Waals surface area contributed by atoms with Gasteiger partial charge in [0, 0.05) is 59.4 Å². The maximum atomic E-state index is 14.6. The first kappa shape index (κ1) is 37.6. The number of benzene rings is 1. The number of aliphatic hydroxyl groups is 1. The van der Waals surface area contributed by atoms with E-state index in [1.165, 1.54) is 12.0 Å². The molecule has 4 aliphatic heterocycles. The molecule has 0 aliphatic carbocycles. The van der Waals surface area contributed by atoms with Crippen LogP contribution in [0.1, 0.15) is 43.8 Å². The van der Waals surface area contributed by atoms with E-state index >= 15 is 0 Å². The predicted octanol–water partition coefficient (Wildman–Crippen LogP) is 1.47. The van der Waals surface area contributed by atoms with E-state index in [0.717, 1.165) is 13.1 Å². The minimum Gasteiger partial charge on any atom is -0.455 e. The fraction of sp³-hybridized carbons (Fsp3) is 0.622. The molecule has 274 valence electrons. The fourth-order valence-electron chi connectivity index (χ4n) is 8.01. The highest BCUT2D eigenvalue weighted by atomic mass is 16.6. The number of likely N-dealkylation sites (tertiary alicyclic amines) is 1. The Bertz CT molecular complexity index is 1360. The third kappa shape index (κ3) is 7.97. The maximum Gasteiger partial charge on any atom is 0.313 e. The number of fused-ring (bicyclic) bond motifs is 1. The quantitative estimate of drug-likeness (QED) is 0.161. The lowest BCUT2D eigenvalue weighted by Gasteiger charge is -2.37. The minimum absolute atomic E-state index is 0.0681. The summed E-state index contributed by atoms with van der Waals surface area (Å²) in [5.74, 6) is -3.38. The lowest BCUT2D eigenvalue weighted by atomic mass is 9.70. The average molecular weight is 697 g/mol. The normalized spacial score (nSPS) is 27.0. The molecule has 4 saturated heterocycles. The smallest absolute Gasteiger partial charge is 0.313 e. The summed E-state index contributed by atoms with van der Waals surface area (Å²) in [7, 11) is 1.51. The van der Waals surface area contributed by atoms with Crippen molar-refractivity contribution in [2.75, 3.05) is 72.8 Å². The molecule has 1 spiro atoms.